The number of hydrogen-bond acceptors (Lipinski definition) is 1. The Balaban J connectivity index is 2.44. The highest BCUT2D eigenvalue weighted by Gasteiger charge is 2.25. The first kappa shape index (κ1) is 17.0. The van der Waals surface area contributed by atoms with Crippen molar-refractivity contribution in [2.45, 2.75) is 59.2 Å². The molecule has 1 aromatic rings. The first-order valence-corrected chi connectivity index (χ1v) is 7.08. The lowest BCUT2D eigenvalue weighted by molar-refractivity contribution is -0.135. The summed E-state index contributed by atoms with van der Waals surface area (Å²) in [6.07, 6.45) is -3.98. The Morgan fingerprint density at radius 2 is 1.60 bits per heavy atom. The molecule has 0 saturated carbocycles. The van der Waals surface area contributed by atoms with Crippen LogP contribution in [0, 0.1) is 20.8 Å². The molecule has 114 valence electrons. The van der Waals surface area contributed by atoms with Gasteiger partial charge in [0.1, 0.15) is 0 Å². The van der Waals surface area contributed by atoms with Crippen LogP contribution >= 0.6 is 0 Å². The van der Waals surface area contributed by atoms with Gasteiger partial charge in [-0.2, -0.15) is 13.2 Å². The molecular weight excluding hydrogens is 263 g/mol. The fourth-order valence-electron chi connectivity index (χ4n) is 2.33. The van der Waals surface area contributed by atoms with E-state index in [4.69, 9.17) is 0 Å². The van der Waals surface area contributed by atoms with E-state index < -0.39 is 12.6 Å². The van der Waals surface area contributed by atoms with E-state index in [9.17, 15) is 13.2 Å². The molecule has 0 spiro atoms. The van der Waals surface area contributed by atoms with Crippen LogP contribution in [0.3, 0.4) is 0 Å². The van der Waals surface area contributed by atoms with Crippen molar-refractivity contribution in [3.8, 4) is 0 Å². The van der Waals surface area contributed by atoms with Crippen LogP contribution in [0.15, 0.2) is 12.1 Å². The Morgan fingerprint density at radius 1 is 1.00 bits per heavy atom. The number of alkyl halides is 3. The number of halogens is 3. The van der Waals surface area contributed by atoms with E-state index in [1.165, 1.54) is 22.3 Å². The van der Waals surface area contributed by atoms with Crippen molar-refractivity contribution in [2.75, 3.05) is 6.54 Å². The van der Waals surface area contributed by atoms with Gasteiger partial charge in [-0.05, 0) is 69.3 Å². The molecule has 0 aromatic heterocycles. The first-order valence-electron chi connectivity index (χ1n) is 7.08. The smallest absolute Gasteiger partial charge is 0.310 e. The van der Waals surface area contributed by atoms with Crippen LogP contribution < -0.4 is 5.32 Å². The predicted octanol–water partition coefficient (Wildman–Crippen LogP) is 5.00. The van der Waals surface area contributed by atoms with Crippen LogP contribution in [0.5, 0.6) is 0 Å². The van der Waals surface area contributed by atoms with Crippen molar-refractivity contribution in [3.05, 3.63) is 34.4 Å². The monoisotopic (exact) mass is 287 g/mol. The van der Waals surface area contributed by atoms with Gasteiger partial charge in [0.15, 0.2) is 0 Å². The molecule has 0 fully saturated rings. The number of benzene rings is 1. The van der Waals surface area contributed by atoms with Gasteiger partial charge in [0.2, 0.25) is 0 Å². The molecule has 20 heavy (non-hydrogen) atoms. The molecular formula is C16H24F3N. The van der Waals surface area contributed by atoms with Crippen molar-refractivity contribution < 1.29 is 13.2 Å². The van der Waals surface area contributed by atoms with Crippen molar-refractivity contribution in [1.29, 1.82) is 0 Å². The van der Waals surface area contributed by atoms with Gasteiger partial charge in [0, 0.05) is 12.5 Å². The second-order valence-corrected chi connectivity index (χ2v) is 5.54. The zero-order chi connectivity index (χ0) is 15.3. The third-order valence-electron chi connectivity index (χ3n) is 3.69. The van der Waals surface area contributed by atoms with E-state index >= 15 is 0 Å². The standard InChI is InChI=1S/C16H24F3N/c1-11-9-13(3)15(10-12(11)2)14(4)20-8-6-5-7-16(17,18)19/h9-10,14,20H,5-8H2,1-4H3. The fourth-order valence-corrected chi connectivity index (χ4v) is 2.33. The largest absolute Gasteiger partial charge is 0.389 e. The molecule has 0 saturated heterocycles. The predicted molar refractivity (Wildman–Crippen MR) is 77.0 cm³/mol. The average Bonchev–Trinajstić information content (AvgIpc) is 2.31. The summed E-state index contributed by atoms with van der Waals surface area (Å²) in [4.78, 5) is 0. The van der Waals surface area contributed by atoms with E-state index in [1.807, 2.05) is 0 Å². The lowest BCUT2D eigenvalue weighted by atomic mass is 9.96. The highest BCUT2D eigenvalue weighted by atomic mass is 19.4. The second-order valence-electron chi connectivity index (χ2n) is 5.54. The van der Waals surface area contributed by atoms with Crippen LogP contribution in [0.1, 0.15) is 54.5 Å². The Hall–Kier alpha value is -1.03. The van der Waals surface area contributed by atoms with Crippen LogP contribution in [-0.4, -0.2) is 12.7 Å². The van der Waals surface area contributed by atoms with Gasteiger partial charge in [-0.1, -0.05) is 12.1 Å². The summed E-state index contributed by atoms with van der Waals surface area (Å²) in [5, 5.41) is 3.31. The lowest BCUT2D eigenvalue weighted by Gasteiger charge is -2.18. The van der Waals surface area contributed by atoms with Gasteiger partial charge in [0.25, 0.3) is 0 Å². The summed E-state index contributed by atoms with van der Waals surface area (Å²) in [5.41, 5.74) is 4.97. The minimum absolute atomic E-state index is 0.167. The molecule has 4 heteroatoms. The summed E-state index contributed by atoms with van der Waals surface area (Å²) >= 11 is 0. The van der Waals surface area contributed by atoms with Gasteiger partial charge in [0.05, 0.1) is 0 Å². The van der Waals surface area contributed by atoms with Crippen molar-refractivity contribution >= 4 is 0 Å². The van der Waals surface area contributed by atoms with E-state index in [1.54, 1.807) is 0 Å². The summed E-state index contributed by atoms with van der Waals surface area (Å²) in [6.45, 7) is 8.91. The molecule has 1 unspecified atom stereocenters. The lowest BCUT2D eigenvalue weighted by Crippen LogP contribution is -2.21. The third-order valence-corrected chi connectivity index (χ3v) is 3.69. The van der Waals surface area contributed by atoms with Crippen LogP contribution in [0.25, 0.3) is 0 Å². The van der Waals surface area contributed by atoms with Crippen molar-refractivity contribution in [1.82, 2.24) is 5.32 Å². The van der Waals surface area contributed by atoms with E-state index in [2.05, 4.69) is 45.1 Å². The van der Waals surface area contributed by atoms with Gasteiger partial charge in [-0.15, -0.1) is 0 Å². The van der Waals surface area contributed by atoms with E-state index in [-0.39, 0.29) is 12.5 Å². The molecule has 0 bridgehead atoms. The van der Waals surface area contributed by atoms with Crippen LogP contribution in [0.2, 0.25) is 0 Å². The van der Waals surface area contributed by atoms with Gasteiger partial charge in [-0.3, -0.25) is 0 Å². The molecule has 1 atom stereocenters. The topological polar surface area (TPSA) is 12.0 Å². The van der Waals surface area contributed by atoms with Gasteiger partial charge < -0.3 is 5.32 Å². The van der Waals surface area contributed by atoms with E-state index in [0.29, 0.717) is 13.0 Å². The molecule has 0 amide bonds. The summed E-state index contributed by atoms with van der Waals surface area (Å²) in [6, 6.07) is 4.49. The van der Waals surface area contributed by atoms with Crippen molar-refractivity contribution in [2.24, 2.45) is 0 Å². The normalized spacial score (nSPS) is 13.6. The van der Waals surface area contributed by atoms with Gasteiger partial charge >= 0.3 is 6.18 Å². The highest BCUT2D eigenvalue weighted by molar-refractivity contribution is 5.37. The zero-order valence-corrected chi connectivity index (χ0v) is 12.7. The maximum atomic E-state index is 12.0. The van der Waals surface area contributed by atoms with E-state index in [0.717, 1.165) is 0 Å². The molecule has 0 aliphatic rings. The van der Waals surface area contributed by atoms with Crippen LogP contribution in [-0.2, 0) is 0 Å². The first-order chi connectivity index (χ1) is 9.20. The molecule has 1 N–H and O–H groups in total. The fraction of sp³-hybridized carbons (Fsp3) is 0.625. The van der Waals surface area contributed by atoms with Crippen LogP contribution in [0.4, 0.5) is 13.2 Å². The zero-order valence-electron chi connectivity index (χ0n) is 12.7. The maximum absolute atomic E-state index is 12.0. The number of rotatable bonds is 6. The van der Waals surface area contributed by atoms with Gasteiger partial charge in [-0.25, -0.2) is 0 Å². The minimum atomic E-state index is -4.03. The Morgan fingerprint density at radius 3 is 2.20 bits per heavy atom. The SMILES string of the molecule is Cc1cc(C)c(C(C)NCCCCC(F)(F)F)cc1C. The number of nitrogens with one attached hydrogen (secondary N) is 1. The quantitative estimate of drug-likeness (QED) is 0.726. The Bertz CT molecular complexity index is 438. The molecule has 1 aromatic carbocycles. The second kappa shape index (κ2) is 7.11. The highest BCUT2D eigenvalue weighted by Crippen LogP contribution is 2.23. The number of hydrogen-bond donors (Lipinski definition) is 1. The third kappa shape index (κ3) is 5.53. The summed E-state index contributed by atoms with van der Waals surface area (Å²) in [5.74, 6) is 0. The molecule has 0 heterocycles. The molecule has 0 aliphatic carbocycles. The molecule has 1 rings (SSSR count). The Kier molecular flexibility index (Phi) is 6.06. The minimum Gasteiger partial charge on any atom is -0.310 e. The molecule has 0 aliphatic heterocycles. The maximum Gasteiger partial charge on any atom is 0.389 e. The average molecular weight is 287 g/mol. The van der Waals surface area contributed by atoms with Crippen molar-refractivity contribution in [3.63, 3.8) is 0 Å². The number of unbranched alkanes of at least 4 members (excludes halogenated alkanes) is 1. The number of aryl methyl sites for hydroxylation is 3. The Labute approximate surface area is 119 Å². The molecule has 0 radical (unpaired) electrons. The summed E-state index contributed by atoms with van der Waals surface area (Å²) < 4.78 is 36.1. The molecule has 1 nitrogen and oxygen atoms in total. The summed E-state index contributed by atoms with van der Waals surface area (Å²) in [7, 11) is 0.